The standard InChI is InChI=1S/C18H14BrNO3S2/c19-13-6-7-15(23-9-8-22-14-4-2-1-3-5-14)12(10-13)11-16-17(21)20-18(24)25-16/h1-7,10-11H,8-9H2,(H,20,21,24)/b16-11+. The lowest BCUT2D eigenvalue weighted by Crippen LogP contribution is -2.17. The Labute approximate surface area is 163 Å². The Morgan fingerprint density at radius 1 is 1.12 bits per heavy atom. The van der Waals surface area contributed by atoms with Crippen molar-refractivity contribution in [3.63, 3.8) is 0 Å². The molecule has 128 valence electrons. The van der Waals surface area contributed by atoms with E-state index >= 15 is 0 Å². The van der Waals surface area contributed by atoms with Crippen LogP contribution in [0.4, 0.5) is 0 Å². The van der Waals surface area contributed by atoms with Crippen LogP contribution in [0.1, 0.15) is 5.56 Å². The SMILES string of the molecule is O=C1NC(=S)S/C1=C/c1cc(Br)ccc1OCCOc1ccccc1. The lowest BCUT2D eigenvalue weighted by Gasteiger charge is -2.11. The summed E-state index contributed by atoms with van der Waals surface area (Å²) in [6.45, 7) is 0.819. The molecule has 1 amide bonds. The van der Waals surface area contributed by atoms with Crippen LogP contribution < -0.4 is 14.8 Å². The average Bonchev–Trinajstić information content (AvgIpc) is 2.91. The van der Waals surface area contributed by atoms with E-state index in [1.165, 1.54) is 11.8 Å². The molecule has 2 aromatic carbocycles. The van der Waals surface area contributed by atoms with E-state index in [0.29, 0.717) is 28.2 Å². The van der Waals surface area contributed by atoms with Crippen LogP contribution in [0.3, 0.4) is 0 Å². The third kappa shape index (κ3) is 5.07. The Balaban J connectivity index is 1.66. The van der Waals surface area contributed by atoms with Crippen LogP contribution in [0.15, 0.2) is 57.9 Å². The number of ether oxygens (including phenoxy) is 2. The van der Waals surface area contributed by atoms with Crippen LogP contribution in [0, 0.1) is 0 Å². The van der Waals surface area contributed by atoms with Gasteiger partial charge in [-0.15, -0.1) is 0 Å². The van der Waals surface area contributed by atoms with E-state index in [4.69, 9.17) is 21.7 Å². The summed E-state index contributed by atoms with van der Waals surface area (Å²) in [5.41, 5.74) is 0.802. The lowest BCUT2D eigenvalue weighted by atomic mass is 10.2. The van der Waals surface area contributed by atoms with Crippen molar-refractivity contribution in [1.29, 1.82) is 0 Å². The Hall–Kier alpha value is -1.83. The van der Waals surface area contributed by atoms with Crippen LogP contribution in [-0.4, -0.2) is 23.4 Å². The van der Waals surface area contributed by atoms with Gasteiger partial charge < -0.3 is 14.8 Å². The highest BCUT2D eigenvalue weighted by Crippen LogP contribution is 2.31. The summed E-state index contributed by atoms with van der Waals surface area (Å²) in [4.78, 5) is 12.4. The smallest absolute Gasteiger partial charge is 0.263 e. The van der Waals surface area contributed by atoms with Crippen molar-refractivity contribution in [3.8, 4) is 11.5 Å². The van der Waals surface area contributed by atoms with Crippen molar-refractivity contribution in [2.45, 2.75) is 0 Å². The number of amides is 1. The third-order valence-electron chi connectivity index (χ3n) is 3.25. The fourth-order valence-corrected chi connectivity index (χ4v) is 3.57. The van der Waals surface area contributed by atoms with Crippen LogP contribution in [0.5, 0.6) is 11.5 Å². The molecule has 0 unspecified atom stereocenters. The molecule has 1 saturated heterocycles. The van der Waals surface area contributed by atoms with E-state index < -0.39 is 0 Å². The molecule has 1 N–H and O–H groups in total. The Morgan fingerprint density at radius 2 is 1.88 bits per heavy atom. The maximum atomic E-state index is 11.8. The van der Waals surface area contributed by atoms with Crippen LogP contribution in [0.25, 0.3) is 6.08 Å². The molecule has 4 nitrogen and oxygen atoms in total. The van der Waals surface area contributed by atoms with Crippen molar-refractivity contribution >= 4 is 56.2 Å². The fourth-order valence-electron chi connectivity index (χ4n) is 2.15. The number of carbonyl (C=O) groups excluding carboxylic acids is 1. The van der Waals surface area contributed by atoms with E-state index in [2.05, 4.69) is 21.2 Å². The Morgan fingerprint density at radius 3 is 2.60 bits per heavy atom. The van der Waals surface area contributed by atoms with E-state index in [1.807, 2.05) is 48.5 Å². The van der Waals surface area contributed by atoms with Crippen molar-refractivity contribution in [2.24, 2.45) is 0 Å². The molecule has 7 heteroatoms. The third-order valence-corrected chi connectivity index (χ3v) is 4.91. The number of hydrogen-bond acceptors (Lipinski definition) is 5. The van der Waals surface area contributed by atoms with Gasteiger partial charge in [0, 0.05) is 10.0 Å². The normalized spacial score (nSPS) is 15.3. The average molecular weight is 436 g/mol. The van der Waals surface area contributed by atoms with Crippen molar-refractivity contribution in [3.05, 3.63) is 63.5 Å². The first-order chi connectivity index (χ1) is 12.1. The van der Waals surface area contributed by atoms with Crippen molar-refractivity contribution < 1.29 is 14.3 Å². The molecule has 0 aromatic heterocycles. The highest BCUT2D eigenvalue weighted by Gasteiger charge is 2.22. The van der Waals surface area contributed by atoms with Crippen molar-refractivity contribution in [1.82, 2.24) is 5.32 Å². The molecule has 2 aromatic rings. The molecule has 1 aliphatic rings. The monoisotopic (exact) mass is 435 g/mol. The lowest BCUT2D eigenvalue weighted by molar-refractivity contribution is -0.115. The second kappa shape index (κ2) is 8.51. The summed E-state index contributed by atoms with van der Waals surface area (Å²) in [5, 5.41) is 2.61. The summed E-state index contributed by atoms with van der Waals surface area (Å²) in [6.07, 6.45) is 1.78. The van der Waals surface area contributed by atoms with E-state index in [0.717, 1.165) is 15.8 Å². The summed E-state index contributed by atoms with van der Waals surface area (Å²) >= 11 is 9.70. The highest BCUT2D eigenvalue weighted by atomic mass is 79.9. The number of carbonyl (C=O) groups is 1. The molecule has 0 spiro atoms. The van der Waals surface area contributed by atoms with Gasteiger partial charge in [0.05, 0.1) is 4.91 Å². The zero-order chi connectivity index (χ0) is 17.6. The van der Waals surface area contributed by atoms with Gasteiger partial charge in [0.15, 0.2) is 0 Å². The highest BCUT2D eigenvalue weighted by molar-refractivity contribution is 9.10. The second-order valence-electron chi connectivity index (χ2n) is 5.04. The van der Waals surface area contributed by atoms with E-state index in [1.54, 1.807) is 6.08 Å². The first-order valence-corrected chi connectivity index (χ1v) is 9.48. The number of rotatable bonds is 6. The molecular weight excluding hydrogens is 422 g/mol. The number of thiocarbonyl (C=S) groups is 1. The predicted octanol–water partition coefficient (Wildman–Crippen LogP) is 4.40. The van der Waals surface area contributed by atoms with Crippen LogP contribution in [-0.2, 0) is 4.79 Å². The molecule has 1 aliphatic heterocycles. The topological polar surface area (TPSA) is 47.6 Å². The van der Waals surface area contributed by atoms with Gasteiger partial charge in [-0.1, -0.05) is 58.1 Å². The minimum atomic E-state index is -0.187. The first kappa shape index (κ1) is 18.0. The molecule has 0 aliphatic carbocycles. The molecular formula is C18H14BrNO3S2. The van der Waals surface area contributed by atoms with Crippen molar-refractivity contribution in [2.75, 3.05) is 13.2 Å². The van der Waals surface area contributed by atoms with Gasteiger partial charge in [0.25, 0.3) is 5.91 Å². The van der Waals surface area contributed by atoms with Gasteiger partial charge >= 0.3 is 0 Å². The van der Waals surface area contributed by atoms with Gasteiger partial charge in [-0.2, -0.15) is 0 Å². The minimum Gasteiger partial charge on any atom is -0.490 e. The Bertz CT molecular complexity index is 824. The number of benzene rings is 2. The number of halogens is 1. The van der Waals surface area contributed by atoms with Gasteiger partial charge in [-0.25, -0.2) is 0 Å². The molecule has 0 bridgehead atoms. The predicted molar refractivity (Wildman–Crippen MR) is 108 cm³/mol. The first-order valence-electron chi connectivity index (χ1n) is 7.47. The summed E-state index contributed by atoms with van der Waals surface area (Å²) in [6, 6.07) is 15.2. The quantitative estimate of drug-likeness (QED) is 0.414. The summed E-state index contributed by atoms with van der Waals surface area (Å²) in [7, 11) is 0. The summed E-state index contributed by atoms with van der Waals surface area (Å²) in [5.74, 6) is 1.30. The molecule has 0 radical (unpaired) electrons. The number of nitrogens with one attached hydrogen (secondary N) is 1. The van der Waals surface area contributed by atoms with E-state index in [-0.39, 0.29) is 5.91 Å². The van der Waals surface area contributed by atoms with Crippen LogP contribution in [0.2, 0.25) is 0 Å². The zero-order valence-corrected chi connectivity index (χ0v) is 16.2. The maximum Gasteiger partial charge on any atom is 0.263 e. The Kier molecular flexibility index (Phi) is 6.12. The summed E-state index contributed by atoms with van der Waals surface area (Å²) < 4.78 is 12.8. The fraction of sp³-hybridized carbons (Fsp3) is 0.111. The molecule has 1 heterocycles. The number of thioether (sulfide) groups is 1. The molecule has 3 rings (SSSR count). The molecule has 25 heavy (non-hydrogen) atoms. The maximum absolute atomic E-state index is 11.8. The van der Waals surface area contributed by atoms with Crippen LogP contribution >= 0.6 is 39.9 Å². The number of hydrogen-bond donors (Lipinski definition) is 1. The second-order valence-corrected chi connectivity index (χ2v) is 7.68. The van der Waals surface area contributed by atoms with E-state index in [9.17, 15) is 4.79 Å². The van der Waals surface area contributed by atoms with Gasteiger partial charge in [0.2, 0.25) is 0 Å². The minimum absolute atomic E-state index is 0.187. The number of para-hydroxylation sites is 1. The zero-order valence-electron chi connectivity index (χ0n) is 13.0. The van der Waals surface area contributed by atoms with Gasteiger partial charge in [-0.3, -0.25) is 4.79 Å². The largest absolute Gasteiger partial charge is 0.490 e. The molecule has 0 saturated carbocycles. The van der Waals surface area contributed by atoms with Gasteiger partial charge in [-0.05, 0) is 36.4 Å². The molecule has 1 fully saturated rings. The van der Waals surface area contributed by atoms with Gasteiger partial charge in [0.1, 0.15) is 29.0 Å². The molecule has 0 atom stereocenters.